The van der Waals surface area contributed by atoms with Crippen molar-refractivity contribution in [2.45, 2.75) is 5.88 Å². The maximum atomic E-state index is 13.0. The normalized spacial score (nSPS) is 10.3. The molecule has 2 rings (SSSR count). The van der Waals surface area contributed by atoms with Crippen molar-refractivity contribution >= 4 is 28.9 Å². The van der Waals surface area contributed by atoms with Crippen LogP contribution in [-0.4, -0.2) is 4.92 Å². The van der Waals surface area contributed by atoms with Gasteiger partial charge in [0.2, 0.25) is 0 Å². The quantitative estimate of drug-likeness (QED) is 0.457. The van der Waals surface area contributed by atoms with Gasteiger partial charge in [0.25, 0.3) is 5.69 Å². The number of nitrogens with zero attached hydrogens (tertiary/aromatic N) is 1. The molecule has 7 heteroatoms. The number of hydrogen-bond acceptors (Lipinski definition) is 3. The Kier molecular flexibility index (Phi) is 4.42. The smallest absolute Gasteiger partial charge is 0.274 e. The SMILES string of the molecule is O=[N+]([O-])c1ccc(Oc2ccc(F)c(Cl)c2)cc1CCl. The second-order valence-electron chi connectivity index (χ2n) is 3.86. The topological polar surface area (TPSA) is 52.4 Å². The molecule has 0 heterocycles. The highest BCUT2D eigenvalue weighted by atomic mass is 35.5. The van der Waals surface area contributed by atoms with Gasteiger partial charge in [-0.15, -0.1) is 11.6 Å². The molecule has 4 nitrogen and oxygen atoms in total. The summed E-state index contributed by atoms with van der Waals surface area (Å²) in [7, 11) is 0. The van der Waals surface area contributed by atoms with Crippen molar-refractivity contribution in [3.8, 4) is 11.5 Å². The van der Waals surface area contributed by atoms with Crippen LogP contribution in [-0.2, 0) is 5.88 Å². The fraction of sp³-hybridized carbons (Fsp3) is 0.0769. The highest BCUT2D eigenvalue weighted by Gasteiger charge is 2.14. The van der Waals surface area contributed by atoms with Crippen LogP contribution < -0.4 is 4.74 Å². The van der Waals surface area contributed by atoms with Crippen LogP contribution in [0.25, 0.3) is 0 Å². The van der Waals surface area contributed by atoms with Crippen molar-refractivity contribution in [2.24, 2.45) is 0 Å². The van der Waals surface area contributed by atoms with Gasteiger partial charge in [-0.2, -0.15) is 0 Å². The van der Waals surface area contributed by atoms with E-state index in [1.807, 2.05) is 0 Å². The lowest BCUT2D eigenvalue weighted by atomic mass is 10.2. The van der Waals surface area contributed by atoms with E-state index >= 15 is 0 Å². The molecule has 2 aromatic rings. The Hall–Kier alpha value is -1.85. The molecule has 0 spiro atoms. The first-order valence-corrected chi connectivity index (χ1v) is 6.38. The Morgan fingerprint density at radius 2 is 1.85 bits per heavy atom. The van der Waals surface area contributed by atoms with Gasteiger partial charge in [-0.25, -0.2) is 4.39 Å². The molecule has 0 fully saturated rings. The predicted molar refractivity (Wildman–Crippen MR) is 74.1 cm³/mol. The first-order chi connectivity index (χ1) is 9.51. The van der Waals surface area contributed by atoms with E-state index < -0.39 is 10.7 Å². The number of ether oxygens (including phenoxy) is 1. The lowest BCUT2D eigenvalue weighted by Crippen LogP contribution is -1.94. The van der Waals surface area contributed by atoms with Crippen LogP contribution in [0, 0.1) is 15.9 Å². The fourth-order valence-electron chi connectivity index (χ4n) is 1.59. The molecular formula is C13H8Cl2FNO3. The summed E-state index contributed by atoms with van der Waals surface area (Å²) in [6.45, 7) is 0. The van der Waals surface area contributed by atoms with Gasteiger partial charge in [-0.1, -0.05) is 11.6 Å². The van der Waals surface area contributed by atoms with Crippen LogP contribution in [0.1, 0.15) is 5.56 Å². The summed E-state index contributed by atoms with van der Waals surface area (Å²) in [5.41, 5.74) is 0.256. The zero-order valence-corrected chi connectivity index (χ0v) is 11.5. The molecule has 0 aliphatic carbocycles. The summed E-state index contributed by atoms with van der Waals surface area (Å²) >= 11 is 11.3. The van der Waals surface area contributed by atoms with Crippen molar-refractivity contribution in [3.63, 3.8) is 0 Å². The van der Waals surface area contributed by atoms with E-state index in [1.54, 1.807) is 0 Å². The van der Waals surface area contributed by atoms with E-state index in [9.17, 15) is 14.5 Å². The minimum Gasteiger partial charge on any atom is -0.457 e. The third-order valence-electron chi connectivity index (χ3n) is 2.52. The van der Waals surface area contributed by atoms with Gasteiger partial charge in [-0.05, 0) is 24.3 Å². The van der Waals surface area contributed by atoms with E-state index in [2.05, 4.69) is 0 Å². The fourth-order valence-corrected chi connectivity index (χ4v) is 1.97. The highest BCUT2D eigenvalue weighted by molar-refractivity contribution is 6.30. The molecule has 0 atom stereocenters. The van der Waals surface area contributed by atoms with E-state index in [4.69, 9.17) is 27.9 Å². The third kappa shape index (κ3) is 3.18. The van der Waals surface area contributed by atoms with E-state index in [0.717, 1.165) is 0 Å². The molecular weight excluding hydrogens is 308 g/mol. The summed E-state index contributed by atoms with van der Waals surface area (Å²) < 4.78 is 18.5. The van der Waals surface area contributed by atoms with Crippen LogP contribution >= 0.6 is 23.2 Å². The van der Waals surface area contributed by atoms with Gasteiger partial charge >= 0.3 is 0 Å². The molecule has 20 heavy (non-hydrogen) atoms. The van der Waals surface area contributed by atoms with Crippen molar-refractivity contribution in [3.05, 3.63) is 62.9 Å². The Morgan fingerprint density at radius 3 is 2.45 bits per heavy atom. The molecule has 0 aliphatic rings. The van der Waals surface area contributed by atoms with Crippen molar-refractivity contribution in [1.82, 2.24) is 0 Å². The zero-order chi connectivity index (χ0) is 14.7. The van der Waals surface area contributed by atoms with Gasteiger partial charge in [0.15, 0.2) is 0 Å². The Morgan fingerprint density at radius 1 is 1.20 bits per heavy atom. The number of benzene rings is 2. The van der Waals surface area contributed by atoms with Gasteiger partial charge in [0.1, 0.15) is 17.3 Å². The van der Waals surface area contributed by atoms with Crippen molar-refractivity contribution in [2.75, 3.05) is 0 Å². The van der Waals surface area contributed by atoms with Crippen LogP contribution in [0.3, 0.4) is 0 Å². The molecule has 0 aromatic heterocycles. The predicted octanol–water partition coefficient (Wildman–Crippen LogP) is 4.92. The monoisotopic (exact) mass is 315 g/mol. The van der Waals surface area contributed by atoms with Crippen LogP contribution in [0.4, 0.5) is 10.1 Å². The molecule has 104 valence electrons. The van der Waals surface area contributed by atoms with E-state index in [-0.39, 0.29) is 16.6 Å². The lowest BCUT2D eigenvalue weighted by molar-refractivity contribution is -0.385. The van der Waals surface area contributed by atoms with Crippen molar-refractivity contribution < 1.29 is 14.1 Å². The standard InChI is InChI=1S/C13H8Cl2FNO3/c14-7-8-5-9(2-4-13(8)17(18)19)20-10-1-3-12(16)11(15)6-10/h1-6H,7H2. The summed E-state index contributed by atoms with van der Waals surface area (Å²) in [5, 5.41) is 10.7. The average molecular weight is 316 g/mol. The number of nitro benzene ring substituents is 1. The zero-order valence-electron chi connectivity index (χ0n) is 9.98. The Balaban J connectivity index is 2.29. The summed E-state index contributed by atoms with van der Waals surface area (Å²) in [6, 6.07) is 8.10. The minimum absolute atomic E-state index is 0.0162. The number of hydrogen-bond donors (Lipinski definition) is 0. The van der Waals surface area contributed by atoms with E-state index in [1.165, 1.54) is 36.4 Å². The largest absolute Gasteiger partial charge is 0.457 e. The molecule has 0 amide bonds. The van der Waals surface area contributed by atoms with Crippen LogP contribution in [0.2, 0.25) is 5.02 Å². The minimum atomic E-state index is -0.552. The third-order valence-corrected chi connectivity index (χ3v) is 3.10. The number of alkyl halides is 1. The van der Waals surface area contributed by atoms with Gasteiger partial charge in [0.05, 0.1) is 15.8 Å². The molecule has 0 saturated carbocycles. The summed E-state index contributed by atoms with van der Waals surface area (Å²) in [4.78, 5) is 10.3. The molecule has 0 N–H and O–H groups in total. The summed E-state index contributed by atoms with van der Waals surface area (Å²) in [6.07, 6.45) is 0. The van der Waals surface area contributed by atoms with E-state index in [0.29, 0.717) is 17.1 Å². The highest BCUT2D eigenvalue weighted by Crippen LogP contribution is 2.30. The first-order valence-electron chi connectivity index (χ1n) is 5.47. The first kappa shape index (κ1) is 14.6. The molecule has 0 aliphatic heterocycles. The maximum absolute atomic E-state index is 13.0. The summed E-state index contributed by atoms with van der Waals surface area (Å²) in [5.74, 6) is 0.112. The number of halogens is 3. The van der Waals surface area contributed by atoms with Gasteiger partial charge < -0.3 is 4.74 Å². The van der Waals surface area contributed by atoms with Crippen molar-refractivity contribution in [1.29, 1.82) is 0 Å². The molecule has 0 radical (unpaired) electrons. The number of rotatable bonds is 4. The average Bonchev–Trinajstić information content (AvgIpc) is 2.42. The second kappa shape index (κ2) is 6.07. The van der Waals surface area contributed by atoms with Crippen LogP contribution in [0.15, 0.2) is 36.4 Å². The maximum Gasteiger partial charge on any atom is 0.274 e. The molecule has 0 bridgehead atoms. The molecule has 0 unspecified atom stereocenters. The van der Waals surface area contributed by atoms with Gasteiger partial charge in [-0.3, -0.25) is 10.1 Å². The Bertz CT molecular complexity index is 664. The lowest BCUT2D eigenvalue weighted by Gasteiger charge is -2.08. The van der Waals surface area contributed by atoms with Crippen LogP contribution in [0.5, 0.6) is 11.5 Å². The van der Waals surface area contributed by atoms with Gasteiger partial charge in [0, 0.05) is 17.7 Å². The molecule has 2 aromatic carbocycles. The Labute approximate surface area is 123 Å². The molecule has 0 saturated heterocycles. The second-order valence-corrected chi connectivity index (χ2v) is 4.53. The number of nitro groups is 1.